The average molecular weight is 173 g/mol. The first kappa shape index (κ1) is 9.40. The van der Waals surface area contributed by atoms with Crippen LogP contribution in [-0.2, 0) is 0 Å². The van der Waals surface area contributed by atoms with Gasteiger partial charge in [-0.25, -0.2) is 0 Å². The Morgan fingerprint density at radius 3 is 2.73 bits per heavy atom. The molecule has 0 aromatic rings. The lowest BCUT2D eigenvalue weighted by atomic mass is 10.1. The fourth-order valence-corrected chi connectivity index (χ4v) is 1.65. The second kappa shape index (κ2) is 4.36. The molecule has 0 aromatic carbocycles. The molecule has 0 saturated heterocycles. The Morgan fingerprint density at radius 1 is 1.45 bits per heavy atom. The van der Waals surface area contributed by atoms with Gasteiger partial charge in [0.05, 0.1) is 0 Å². The minimum atomic E-state index is 0.677. The van der Waals surface area contributed by atoms with Crippen LogP contribution in [0, 0.1) is 5.41 Å². The lowest BCUT2D eigenvalue weighted by Gasteiger charge is -2.08. The third-order valence-corrected chi connectivity index (χ3v) is 3.18. The minimum absolute atomic E-state index is 0.677. The Hall–Kier alpha value is 0.310. The quantitative estimate of drug-likeness (QED) is 0.618. The van der Waals surface area contributed by atoms with Crippen molar-refractivity contribution in [3.63, 3.8) is 0 Å². The molecule has 0 heterocycles. The molecule has 1 rings (SSSR count). The van der Waals surface area contributed by atoms with Crippen LogP contribution in [0.5, 0.6) is 0 Å². The largest absolute Gasteiger partial charge is 0.315 e. The van der Waals surface area contributed by atoms with Crippen LogP contribution in [0.15, 0.2) is 0 Å². The van der Waals surface area contributed by atoms with Gasteiger partial charge in [-0.15, -0.1) is 0 Å². The van der Waals surface area contributed by atoms with Crippen molar-refractivity contribution < 1.29 is 0 Å². The monoisotopic (exact) mass is 173 g/mol. The maximum Gasteiger partial charge on any atom is 0.00580 e. The minimum Gasteiger partial charge on any atom is -0.315 e. The van der Waals surface area contributed by atoms with Gasteiger partial charge in [0.25, 0.3) is 0 Å². The second-order valence-electron chi connectivity index (χ2n) is 3.68. The third kappa shape index (κ3) is 4.02. The van der Waals surface area contributed by atoms with Gasteiger partial charge in [-0.3, -0.25) is 0 Å². The summed E-state index contributed by atoms with van der Waals surface area (Å²) in [5, 5.41) is 3.50. The van der Waals surface area contributed by atoms with E-state index in [4.69, 9.17) is 0 Å². The number of hydrogen-bond acceptors (Lipinski definition) is 2. The Morgan fingerprint density at radius 2 is 2.18 bits per heavy atom. The lowest BCUT2D eigenvalue weighted by Crippen LogP contribution is -2.24. The van der Waals surface area contributed by atoms with Crippen molar-refractivity contribution in [1.82, 2.24) is 5.32 Å². The van der Waals surface area contributed by atoms with E-state index in [0.29, 0.717) is 5.41 Å². The molecule has 1 N–H and O–H groups in total. The van der Waals surface area contributed by atoms with E-state index in [1.165, 1.54) is 37.4 Å². The summed E-state index contributed by atoms with van der Waals surface area (Å²) in [6.45, 7) is 7.01. The summed E-state index contributed by atoms with van der Waals surface area (Å²) in [6, 6.07) is 0. The molecular weight excluding hydrogens is 154 g/mol. The average Bonchev–Trinajstić information content (AvgIpc) is 2.69. The van der Waals surface area contributed by atoms with E-state index >= 15 is 0 Å². The molecule has 0 atom stereocenters. The predicted octanol–water partition coefficient (Wildman–Crippen LogP) is 2.13. The smallest absolute Gasteiger partial charge is 0.00580 e. The van der Waals surface area contributed by atoms with E-state index < -0.39 is 0 Å². The summed E-state index contributed by atoms with van der Waals surface area (Å²) < 4.78 is 0. The summed E-state index contributed by atoms with van der Waals surface area (Å²) in [6.07, 6.45) is 2.86. The molecule has 0 amide bonds. The van der Waals surface area contributed by atoms with E-state index in [0.717, 1.165) is 0 Å². The Balaban J connectivity index is 1.81. The van der Waals surface area contributed by atoms with Crippen LogP contribution in [0.2, 0.25) is 0 Å². The molecule has 0 spiro atoms. The van der Waals surface area contributed by atoms with Gasteiger partial charge >= 0.3 is 0 Å². The molecule has 66 valence electrons. The Bertz CT molecular complexity index is 110. The van der Waals surface area contributed by atoms with Crippen LogP contribution in [0.4, 0.5) is 0 Å². The zero-order chi connectivity index (χ0) is 8.16. The van der Waals surface area contributed by atoms with Crippen LogP contribution in [0.3, 0.4) is 0 Å². The van der Waals surface area contributed by atoms with Crippen molar-refractivity contribution >= 4 is 11.8 Å². The molecule has 11 heavy (non-hydrogen) atoms. The van der Waals surface area contributed by atoms with Gasteiger partial charge < -0.3 is 5.32 Å². The van der Waals surface area contributed by atoms with Gasteiger partial charge in [0.2, 0.25) is 0 Å². The highest BCUT2D eigenvalue weighted by Crippen LogP contribution is 2.43. The maximum atomic E-state index is 3.50. The molecule has 1 nitrogen and oxygen atoms in total. The van der Waals surface area contributed by atoms with E-state index in [2.05, 4.69) is 19.2 Å². The zero-order valence-electron chi connectivity index (χ0n) is 7.65. The molecule has 1 aliphatic rings. The fourth-order valence-electron chi connectivity index (χ4n) is 1.07. The molecular formula is C9H19NS. The molecule has 0 aromatic heterocycles. The molecule has 1 fully saturated rings. The molecule has 0 unspecified atom stereocenters. The maximum absolute atomic E-state index is 3.50. The van der Waals surface area contributed by atoms with Crippen LogP contribution < -0.4 is 5.32 Å². The molecule has 0 radical (unpaired) electrons. The highest BCUT2D eigenvalue weighted by atomic mass is 32.2. The van der Waals surface area contributed by atoms with Crippen molar-refractivity contribution in [2.75, 3.05) is 24.6 Å². The third-order valence-electron chi connectivity index (χ3n) is 2.28. The first-order chi connectivity index (χ1) is 5.27. The number of thioether (sulfide) groups is 1. The van der Waals surface area contributed by atoms with Crippen molar-refractivity contribution in [3.05, 3.63) is 0 Å². The molecule has 2 heteroatoms. The van der Waals surface area contributed by atoms with Crippen LogP contribution in [0.25, 0.3) is 0 Å². The number of hydrogen-bond donors (Lipinski definition) is 1. The van der Waals surface area contributed by atoms with E-state index in [1.54, 1.807) is 0 Å². The predicted molar refractivity (Wildman–Crippen MR) is 53.2 cm³/mol. The number of nitrogens with one attached hydrogen (secondary N) is 1. The van der Waals surface area contributed by atoms with Crippen LogP contribution >= 0.6 is 11.8 Å². The molecule has 1 saturated carbocycles. The standard InChI is InChI=1S/C9H19NS/c1-3-11-7-6-10-8-9(2)4-5-9/h10H,3-8H2,1-2H3. The van der Waals surface area contributed by atoms with Gasteiger partial charge in [-0.2, -0.15) is 11.8 Å². The van der Waals surface area contributed by atoms with Crippen LogP contribution in [-0.4, -0.2) is 24.6 Å². The Labute approximate surface area is 74.3 Å². The van der Waals surface area contributed by atoms with E-state index in [1.807, 2.05) is 11.8 Å². The van der Waals surface area contributed by atoms with E-state index in [-0.39, 0.29) is 0 Å². The summed E-state index contributed by atoms with van der Waals surface area (Å²) in [5.41, 5.74) is 0.677. The normalized spacial score (nSPS) is 20.2. The highest BCUT2D eigenvalue weighted by molar-refractivity contribution is 7.99. The molecule has 1 aliphatic carbocycles. The van der Waals surface area contributed by atoms with E-state index in [9.17, 15) is 0 Å². The highest BCUT2D eigenvalue weighted by Gasteiger charge is 2.36. The summed E-state index contributed by atoms with van der Waals surface area (Å²) >= 11 is 2.02. The van der Waals surface area contributed by atoms with Crippen molar-refractivity contribution in [2.45, 2.75) is 26.7 Å². The number of rotatable bonds is 6. The lowest BCUT2D eigenvalue weighted by molar-refractivity contribution is 0.512. The molecule has 0 bridgehead atoms. The summed E-state index contributed by atoms with van der Waals surface area (Å²) in [5.74, 6) is 2.52. The summed E-state index contributed by atoms with van der Waals surface area (Å²) in [4.78, 5) is 0. The zero-order valence-corrected chi connectivity index (χ0v) is 8.47. The first-order valence-electron chi connectivity index (χ1n) is 4.55. The van der Waals surface area contributed by atoms with Gasteiger partial charge in [0.15, 0.2) is 0 Å². The van der Waals surface area contributed by atoms with Crippen molar-refractivity contribution in [2.24, 2.45) is 5.41 Å². The SMILES string of the molecule is CCSCCNCC1(C)CC1. The van der Waals surface area contributed by atoms with Crippen LogP contribution in [0.1, 0.15) is 26.7 Å². The van der Waals surface area contributed by atoms with Gasteiger partial charge in [0.1, 0.15) is 0 Å². The summed E-state index contributed by atoms with van der Waals surface area (Å²) in [7, 11) is 0. The van der Waals surface area contributed by atoms with Gasteiger partial charge in [0, 0.05) is 18.8 Å². The van der Waals surface area contributed by atoms with Crippen molar-refractivity contribution in [1.29, 1.82) is 0 Å². The van der Waals surface area contributed by atoms with Crippen molar-refractivity contribution in [3.8, 4) is 0 Å². The molecule has 0 aliphatic heterocycles. The Kier molecular flexibility index (Phi) is 3.73. The topological polar surface area (TPSA) is 12.0 Å². The van der Waals surface area contributed by atoms with Gasteiger partial charge in [-0.05, 0) is 24.0 Å². The fraction of sp³-hybridized carbons (Fsp3) is 1.00. The first-order valence-corrected chi connectivity index (χ1v) is 5.71. The second-order valence-corrected chi connectivity index (χ2v) is 5.08. The van der Waals surface area contributed by atoms with Gasteiger partial charge in [-0.1, -0.05) is 13.8 Å².